The number of phenolic OH excluding ortho intramolecular Hbond substituents is 4. The van der Waals surface area contributed by atoms with E-state index < -0.39 is 28.0 Å². The Bertz CT molecular complexity index is 2380. The number of rotatable bonds is 4. The maximum absolute atomic E-state index is 13.4. The summed E-state index contributed by atoms with van der Waals surface area (Å²) in [5.41, 5.74) is -2.45. The van der Waals surface area contributed by atoms with Crippen molar-refractivity contribution in [2.24, 2.45) is 0 Å². The first-order chi connectivity index (χ1) is 21.5. The summed E-state index contributed by atoms with van der Waals surface area (Å²) in [5, 5.41) is 42.4. The lowest BCUT2D eigenvalue weighted by molar-refractivity contribution is 0.0424. The quantitative estimate of drug-likeness (QED) is 0.189. The minimum absolute atomic E-state index is 0.0383. The monoisotopic (exact) mass is 612 g/mol. The molecule has 45 heavy (non-hydrogen) atoms. The fourth-order valence-corrected chi connectivity index (χ4v) is 5.48. The summed E-state index contributed by atoms with van der Waals surface area (Å²) in [5.74, 6) is -0.841. The number of fused-ring (bicyclic) bond motifs is 6. The topological polar surface area (TPSA) is 178 Å². The van der Waals surface area contributed by atoms with Crippen LogP contribution in [0.15, 0.2) is 67.0 Å². The molecule has 1 unspecified atom stereocenters. The molecule has 12 heteroatoms. The van der Waals surface area contributed by atoms with Crippen LogP contribution in [-0.4, -0.2) is 46.9 Å². The number of methoxy groups -OCH3 is 2. The van der Waals surface area contributed by atoms with Gasteiger partial charge >= 0.3 is 0 Å². The van der Waals surface area contributed by atoms with Gasteiger partial charge in [-0.1, -0.05) is 6.07 Å². The van der Waals surface area contributed by atoms with Crippen LogP contribution in [-0.2, 0) is 0 Å². The smallest absolute Gasteiger partial charge is 0.209 e. The van der Waals surface area contributed by atoms with Gasteiger partial charge in [0, 0.05) is 18.2 Å². The van der Waals surface area contributed by atoms with Crippen LogP contribution in [0.25, 0.3) is 50.0 Å². The number of para-hydroxylation sites is 1. The van der Waals surface area contributed by atoms with Crippen molar-refractivity contribution in [2.45, 2.75) is 12.5 Å². The molecule has 1 aliphatic heterocycles. The molecular formula is C33H24O12. The molecule has 0 fully saturated rings. The van der Waals surface area contributed by atoms with Gasteiger partial charge in [0.2, 0.25) is 22.4 Å². The molecule has 0 bridgehead atoms. The van der Waals surface area contributed by atoms with E-state index in [-0.39, 0.29) is 90.5 Å². The second kappa shape index (κ2) is 9.74. The van der Waals surface area contributed by atoms with Crippen molar-refractivity contribution in [3.05, 3.63) is 74.6 Å². The van der Waals surface area contributed by atoms with Gasteiger partial charge in [0.15, 0.2) is 28.3 Å². The van der Waals surface area contributed by atoms with Gasteiger partial charge in [0.05, 0.1) is 30.6 Å². The fourth-order valence-electron chi connectivity index (χ4n) is 5.48. The average Bonchev–Trinajstić information content (AvgIpc) is 3.00. The first kappa shape index (κ1) is 27.8. The van der Waals surface area contributed by atoms with E-state index in [1.165, 1.54) is 68.8 Å². The highest BCUT2D eigenvalue weighted by Gasteiger charge is 2.36. The number of phenols is 4. The Kier molecular flexibility index (Phi) is 6.01. The van der Waals surface area contributed by atoms with Gasteiger partial charge in [-0.15, -0.1) is 0 Å². The molecule has 0 saturated heterocycles. The zero-order chi connectivity index (χ0) is 31.8. The van der Waals surface area contributed by atoms with E-state index in [9.17, 15) is 30.0 Å². The summed E-state index contributed by atoms with van der Waals surface area (Å²) in [6.07, 6.45) is 2.90. The first-order valence-electron chi connectivity index (χ1n) is 13.6. The molecule has 3 heterocycles. The van der Waals surface area contributed by atoms with E-state index in [4.69, 9.17) is 27.8 Å². The van der Waals surface area contributed by atoms with Gasteiger partial charge in [0.25, 0.3) is 0 Å². The Hall–Kier alpha value is -6.04. The molecule has 4 aromatic carbocycles. The lowest BCUT2D eigenvalue weighted by Gasteiger charge is -2.34. The van der Waals surface area contributed by atoms with E-state index >= 15 is 0 Å². The van der Waals surface area contributed by atoms with Gasteiger partial charge < -0.3 is 48.2 Å². The van der Waals surface area contributed by atoms with Crippen molar-refractivity contribution in [1.29, 1.82) is 0 Å². The Labute approximate surface area is 252 Å². The minimum Gasteiger partial charge on any atom is -0.507 e. The maximum atomic E-state index is 13.4. The average molecular weight is 613 g/mol. The standard InChI is InChI=1S/C33H24O12/c1-33(8-7-15-19(35)12-22-25(26(15)37)27(38)16-5-4-6-18(34)29(16)43-22)13-42-32-30-17(11-23(41-3)31(32)45-33)28(39)24-20(36)9-14(40-2)10-21(24)44-30/h4-12,34-37H,13H2,1-3H3. The van der Waals surface area contributed by atoms with Crippen LogP contribution in [0, 0.1) is 0 Å². The van der Waals surface area contributed by atoms with Crippen molar-refractivity contribution in [3.8, 4) is 46.0 Å². The fraction of sp³-hybridized carbons (Fsp3) is 0.152. The normalized spacial score (nSPS) is 16.2. The van der Waals surface area contributed by atoms with Gasteiger partial charge in [-0.2, -0.15) is 0 Å². The second-order valence-corrected chi connectivity index (χ2v) is 10.7. The Morgan fingerprint density at radius 1 is 0.800 bits per heavy atom. The van der Waals surface area contributed by atoms with E-state index in [1.54, 1.807) is 6.92 Å². The maximum Gasteiger partial charge on any atom is 0.209 e. The SMILES string of the molecule is COc1cc(O)c2c(=O)c3cc(OC)c4c(c3oc2c1)OCC(C)(C=Cc1c(O)cc2oc3c(O)cccc3c(=O)c2c1O)O4. The van der Waals surface area contributed by atoms with E-state index in [0.29, 0.717) is 0 Å². The summed E-state index contributed by atoms with van der Waals surface area (Å²) in [6.45, 7) is 1.57. The highest BCUT2D eigenvalue weighted by Crippen LogP contribution is 2.49. The summed E-state index contributed by atoms with van der Waals surface area (Å²) < 4.78 is 34.8. The van der Waals surface area contributed by atoms with Gasteiger partial charge in [-0.3, -0.25) is 9.59 Å². The molecule has 0 aliphatic carbocycles. The van der Waals surface area contributed by atoms with E-state index in [2.05, 4.69) is 0 Å². The van der Waals surface area contributed by atoms with E-state index in [0.717, 1.165) is 0 Å². The molecule has 0 saturated carbocycles. The Morgan fingerprint density at radius 2 is 1.53 bits per heavy atom. The van der Waals surface area contributed by atoms with Crippen molar-refractivity contribution in [1.82, 2.24) is 0 Å². The number of benzene rings is 4. The van der Waals surface area contributed by atoms with Crippen LogP contribution >= 0.6 is 0 Å². The minimum atomic E-state index is -1.21. The Balaban J connectivity index is 1.33. The molecule has 7 rings (SSSR count). The molecule has 228 valence electrons. The van der Waals surface area contributed by atoms with Crippen LogP contribution in [0.3, 0.4) is 0 Å². The molecule has 1 aliphatic rings. The highest BCUT2D eigenvalue weighted by atomic mass is 16.6. The predicted octanol–water partition coefficient (Wildman–Crippen LogP) is 5.29. The van der Waals surface area contributed by atoms with Gasteiger partial charge in [-0.25, -0.2) is 0 Å². The van der Waals surface area contributed by atoms with Crippen LogP contribution in [0.4, 0.5) is 0 Å². The van der Waals surface area contributed by atoms with Crippen molar-refractivity contribution >= 4 is 50.0 Å². The summed E-state index contributed by atoms with van der Waals surface area (Å²) in [4.78, 5) is 26.6. The molecule has 12 nitrogen and oxygen atoms in total. The molecule has 6 aromatic rings. The first-order valence-corrected chi connectivity index (χ1v) is 13.6. The molecule has 0 amide bonds. The highest BCUT2D eigenvalue weighted by molar-refractivity contribution is 5.99. The van der Waals surface area contributed by atoms with E-state index in [1.807, 2.05) is 0 Å². The Morgan fingerprint density at radius 3 is 2.29 bits per heavy atom. The number of aromatic hydroxyl groups is 4. The molecule has 1 atom stereocenters. The summed E-state index contributed by atoms with van der Waals surface area (Å²) >= 11 is 0. The zero-order valence-electron chi connectivity index (χ0n) is 24.0. The third-order valence-electron chi connectivity index (χ3n) is 7.75. The predicted molar refractivity (Wildman–Crippen MR) is 163 cm³/mol. The summed E-state index contributed by atoms with van der Waals surface area (Å²) in [6, 6.07) is 9.66. The zero-order valence-corrected chi connectivity index (χ0v) is 24.0. The third kappa shape index (κ3) is 4.13. The van der Waals surface area contributed by atoms with Crippen LogP contribution in [0.5, 0.6) is 46.0 Å². The van der Waals surface area contributed by atoms with Crippen molar-refractivity contribution in [3.63, 3.8) is 0 Å². The molecule has 0 spiro atoms. The largest absolute Gasteiger partial charge is 0.507 e. The van der Waals surface area contributed by atoms with Gasteiger partial charge in [0.1, 0.15) is 51.5 Å². The molecule has 0 radical (unpaired) electrons. The molecular weight excluding hydrogens is 588 g/mol. The lowest BCUT2D eigenvalue weighted by Crippen LogP contribution is -2.40. The lowest BCUT2D eigenvalue weighted by atomic mass is 10.0. The third-order valence-corrected chi connectivity index (χ3v) is 7.75. The van der Waals surface area contributed by atoms with Crippen LogP contribution < -0.4 is 29.8 Å². The van der Waals surface area contributed by atoms with Crippen molar-refractivity contribution < 1.29 is 48.2 Å². The van der Waals surface area contributed by atoms with Crippen LogP contribution in [0.1, 0.15) is 12.5 Å². The summed E-state index contributed by atoms with van der Waals surface area (Å²) in [7, 11) is 2.80. The molecule has 2 aromatic heterocycles. The number of hydrogen-bond donors (Lipinski definition) is 4. The number of ether oxygens (including phenoxy) is 4. The second-order valence-electron chi connectivity index (χ2n) is 10.7. The van der Waals surface area contributed by atoms with Crippen LogP contribution in [0.2, 0.25) is 0 Å². The molecule has 4 N–H and O–H groups in total. The van der Waals surface area contributed by atoms with Gasteiger partial charge in [-0.05, 0) is 37.3 Å². The van der Waals surface area contributed by atoms with Crippen molar-refractivity contribution in [2.75, 3.05) is 20.8 Å². The number of hydrogen-bond acceptors (Lipinski definition) is 12.